The van der Waals surface area contributed by atoms with Crippen LogP contribution in [0.25, 0.3) is 0 Å². The minimum atomic E-state index is 0.528. The van der Waals surface area contributed by atoms with Gasteiger partial charge >= 0.3 is 0 Å². The Kier molecular flexibility index (Phi) is 4.07. The van der Waals surface area contributed by atoms with Gasteiger partial charge in [-0.1, -0.05) is 45.4 Å². The molecule has 2 aliphatic rings. The molecular formula is C14H27N. The smallest absolute Gasteiger partial charge is 0.00698 e. The molecule has 0 spiro atoms. The quantitative estimate of drug-likeness (QED) is 0.733. The molecule has 1 atom stereocenters. The summed E-state index contributed by atoms with van der Waals surface area (Å²) in [6, 6.07) is 0.528. The average Bonchev–Trinajstić information content (AvgIpc) is 3.03. The van der Waals surface area contributed by atoms with E-state index in [1.165, 1.54) is 57.8 Å². The zero-order valence-corrected chi connectivity index (χ0v) is 10.3. The molecule has 1 nitrogen and oxygen atoms in total. The largest absolute Gasteiger partial charge is 0.327 e. The fraction of sp³-hybridized carbons (Fsp3) is 1.00. The maximum atomic E-state index is 6.31. The molecule has 1 heteroatoms. The van der Waals surface area contributed by atoms with Gasteiger partial charge in [0.05, 0.1) is 0 Å². The van der Waals surface area contributed by atoms with E-state index < -0.39 is 0 Å². The monoisotopic (exact) mass is 209 g/mol. The summed E-state index contributed by atoms with van der Waals surface area (Å²) in [5, 5.41) is 0. The molecule has 2 saturated carbocycles. The number of nitrogens with two attached hydrogens (primary N) is 1. The topological polar surface area (TPSA) is 26.0 Å². The lowest BCUT2D eigenvalue weighted by Crippen LogP contribution is -2.33. The van der Waals surface area contributed by atoms with E-state index in [9.17, 15) is 0 Å². The van der Waals surface area contributed by atoms with Gasteiger partial charge in [-0.2, -0.15) is 0 Å². The zero-order valence-electron chi connectivity index (χ0n) is 10.3. The van der Waals surface area contributed by atoms with E-state index in [4.69, 9.17) is 5.73 Å². The fourth-order valence-electron chi connectivity index (χ4n) is 3.24. The Balaban J connectivity index is 1.67. The van der Waals surface area contributed by atoms with Gasteiger partial charge in [-0.3, -0.25) is 0 Å². The third kappa shape index (κ3) is 3.48. The normalized spacial score (nSPS) is 34.0. The first-order valence-corrected chi connectivity index (χ1v) is 7.05. The summed E-state index contributed by atoms with van der Waals surface area (Å²) in [5.74, 6) is 2.89. The van der Waals surface area contributed by atoms with Crippen LogP contribution in [0.5, 0.6) is 0 Å². The molecular weight excluding hydrogens is 182 g/mol. The van der Waals surface area contributed by atoms with Gasteiger partial charge in [0.15, 0.2) is 0 Å². The lowest BCUT2D eigenvalue weighted by molar-refractivity contribution is 0.225. The molecule has 0 amide bonds. The summed E-state index contributed by atoms with van der Waals surface area (Å²) in [4.78, 5) is 0. The predicted octanol–water partition coefficient (Wildman–Crippen LogP) is 3.72. The van der Waals surface area contributed by atoms with E-state index in [0.717, 1.165) is 17.8 Å². The second-order valence-electron chi connectivity index (χ2n) is 5.91. The highest BCUT2D eigenvalue weighted by molar-refractivity contribution is 4.85. The first-order chi connectivity index (χ1) is 7.29. The van der Waals surface area contributed by atoms with Gasteiger partial charge in [0.1, 0.15) is 0 Å². The Morgan fingerprint density at radius 3 is 2.13 bits per heavy atom. The lowest BCUT2D eigenvalue weighted by Gasteiger charge is -2.32. The zero-order chi connectivity index (χ0) is 10.7. The maximum Gasteiger partial charge on any atom is 0.00698 e. The Morgan fingerprint density at radius 1 is 1.00 bits per heavy atom. The molecule has 2 N–H and O–H groups in total. The summed E-state index contributed by atoms with van der Waals surface area (Å²) >= 11 is 0. The van der Waals surface area contributed by atoms with Crippen LogP contribution in [0.4, 0.5) is 0 Å². The second kappa shape index (κ2) is 5.34. The molecule has 0 radical (unpaired) electrons. The van der Waals surface area contributed by atoms with Crippen molar-refractivity contribution in [1.82, 2.24) is 0 Å². The Bertz CT molecular complexity index is 178. The van der Waals surface area contributed by atoms with Crippen molar-refractivity contribution in [2.45, 2.75) is 70.8 Å². The van der Waals surface area contributed by atoms with Crippen molar-refractivity contribution in [3.8, 4) is 0 Å². The maximum absolute atomic E-state index is 6.31. The van der Waals surface area contributed by atoms with Crippen LogP contribution in [0.2, 0.25) is 0 Å². The highest BCUT2D eigenvalue weighted by Crippen LogP contribution is 2.38. The third-order valence-electron chi connectivity index (χ3n) is 4.50. The van der Waals surface area contributed by atoms with Crippen LogP contribution >= 0.6 is 0 Å². The van der Waals surface area contributed by atoms with Crippen LogP contribution < -0.4 is 5.73 Å². The highest BCUT2D eigenvalue weighted by Gasteiger charge is 2.30. The van der Waals surface area contributed by atoms with Crippen molar-refractivity contribution in [2.24, 2.45) is 23.5 Å². The molecule has 0 aromatic rings. The van der Waals surface area contributed by atoms with Crippen molar-refractivity contribution >= 4 is 0 Å². The number of hydrogen-bond donors (Lipinski definition) is 1. The molecule has 0 bridgehead atoms. The molecule has 0 aromatic heterocycles. The highest BCUT2D eigenvalue weighted by atomic mass is 14.7. The first-order valence-electron chi connectivity index (χ1n) is 7.05. The van der Waals surface area contributed by atoms with Crippen molar-refractivity contribution in [3.05, 3.63) is 0 Å². The van der Waals surface area contributed by atoms with E-state index in [-0.39, 0.29) is 0 Å². The van der Waals surface area contributed by atoms with E-state index in [2.05, 4.69) is 6.92 Å². The molecule has 0 heterocycles. The minimum Gasteiger partial charge on any atom is -0.327 e. The first kappa shape index (κ1) is 11.4. The third-order valence-corrected chi connectivity index (χ3v) is 4.50. The minimum absolute atomic E-state index is 0.528. The van der Waals surface area contributed by atoms with Gasteiger partial charge in [0.25, 0.3) is 0 Å². The molecule has 88 valence electrons. The molecule has 2 rings (SSSR count). The molecule has 0 aliphatic heterocycles. The van der Waals surface area contributed by atoms with E-state index in [0.29, 0.717) is 6.04 Å². The second-order valence-corrected chi connectivity index (χ2v) is 5.91. The molecule has 15 heavy (non-hydrogen) atoms. The van der Waals surface area contributed by atoms with Gasteiger partial charge in [-0.25, -0.2) is 0 Å². The van der Waals surface area contributed by atoms with Crippen LogP contribution in [-0.4, -0.2) is 6.04 Å². The predicted molar refractivity (Wildman–Crippen MR) is 65.7 cm³/mol. The standard InChI is InChI=1S/C14H27N/c1-2-3-11-6-8-13(9-7-11)14(15)10-12-4-5-12/h11-14H,2-10,15H2,1H3. The molecule has 0 saturated heterocycles. The SMILES string of the molecule is CCCC1CCC(C(N)CC2CC2)CC1. The Labute approximate surface area is 94.8 Å². The van der Waals surface area contributed by atoms with Crippen LogP contribution in [0.1, 0.15) is 64.7 Å². The lowest BCUT2D eigenvalue weighted by atomic mass is 9.76. The van der Waals surface area contributed by atoms with Gasteiger partial charge in [0.2, 0.25) is 0 Å². The van der Waals surface area contributed by atoms with Crippen LogP contribution in [0.15, 0.2) is 0 Å². The van der Waals surface area contributed by atoms with E-state index in [1.54, 1.807) is 0 Å². The Hall–Kier alpha value is -0.0400. The number of hydrogen-bond acceptors (Lipinski definition) is 1. The van der Waals surface area contributed by atoms with Crippen molar-refractivity contribution in [1.29, 1.82) is 0 Å². The van der Waals surface area contributed by atoms with Gasteiger partial charge in [-0.05, 0) is 37.0 Å². The summed E-state index contributed by atoms with van der Waals surface area (Å²) in [6.45, 7) is 2.31. The van der Waals surface area contributed by atoms with Crippen molar-refractivity contribution in [2.75, 3.05) is 0 Å². The molecule has 0 aromatic carbocycles. The van der Waals surface area contributed by atoms with Gasteiger partial charge in [-0.15, -0.1) is 0 Å². The summed E-state index contributed by atoms with van der Waals surface area (Å²) in [6.07, 6.45) is 12.8. The summed E-state index contributed by atoms with van der Waals surface area (Å²) in [7, 11) is 0. The summed E-state index contributed by atoms with van der Waals surface area (Å²) in [5.41, 5.74) is 6.31. The van der Waals surface area contributed by atoms with Crippen molar-refractivity contribution in [3.63, 3.8) is 0 Å². The number of rotatable bonds is 5. The van der Waals surface area contributed by atoms with E-state index in [1.807, 2.05) is 0 Å². The average molecular weight is 209 g/mol. The van der Waals surface area contributed by atoms with Gasteiger partial charge < -0.3 is 5.73 Å². The van der Waals surface area contributed by atoms with Crippen LogP contribution in [0, 0.1) is 17.8 Å². The molecule has 1 unspecified atom stereocenters. The van der Waals surface area contributed by atoms with Crippen molar-refractivity contribution < 1.29 is 0 Å². The molecule has 2 fully saturated rings. The Morgan fingerprint density at radius 2 is 1.60 bits per heavy atom. The molecule has 2 aliphatic carbocycles. The fourth-order valence-corrected chi connectivity index (χ4v) is 3.24. The van der Waals surface area contributed by atoms with E-state index >= 15 is 0 Å². The summed E-state index contributed by atoms with van der Waals surface area (Å²) < 4.78 is 0. The van der Waals surface area contributed by atoms with Crippen LogP contribution in [-0.2, 0) is 0 Å². The van der Waals surface area contributed by atoms with Crippen LogP contribution in [0.3, 0.4) is 0 Å². The van der Waals surface area contributed by atoms with Gasteiger partial charge in [0, 0.05) is 6.04 Å².